The number of amides is 1. The van der Waals surface area contributed by atoms with Gasteiger partial charge in [-0.05, 0) is 31.9 Å². The minimum atomic E-state index is -0.0189. The van der Waals surface area contributed by atoms with Crippen LogP contribution in [-0.2, 0) is 9.47 Å². The number of pyridine rings is 1. The standard InChI is InChI=1S/C19H22N2O3/c1-2-23-18-16-7-8-17(18)24-12-11-21(16)19(22)14-9-10-20-15-6-4-3-5-13(14)15/h3-6,9-10,16-18H,2,7-8,11-12H2,1H3/t16-,17-,18-/m1/s1. The normalized spacial score (nSPS) is 26.5. The fourth-order valence-corrected chi connectivity index (χ4v) is 3.99. The molecule has 0 spiro atoms. The number of fused-ring (bicyclic) bond motifs is 3. The van der Waals surface area contributed by atoms with Crippen molar-refractivity contribution < 1.29 is 14.3 Å². The first kappa shape index (κ1) is 15.5. The van der Waals surface area contributed by atoms with E-state index in [2.05, 4.69) is 4.98 Å². The van der Waals surface area contributed by atoms with E-state index in [-0.39, 0.29) is 24.2 Å². The van der Waals surface area contributed by atoms with Crippen molar-refractivity contribution in [1.82, 2.24) is 9.88 Å². The Hall–Kier alpha value is -1.98. The molecule has 1 saturated heterocycles. The van der Waals surface area contributed by atoms with Crippen LogP contribution in [0.15, 0.2) is 36.5 Å². The molecule has 2 bridgehead atoms. The average Bonchev–Trinajstić information content (AvgIpc) is 2.90. The second-order valence-electron chi connectivity index (χ2n) is 6.35. The molecular weight excluding hydrogens is 304 g/mol. The number of para-hydroxylation sites is 1. The zero-order chi connectivity index (χ0) is 16.5. The molecule has 1 saturated carbocycles. The molecule has 0 unspecified atom stereocenters. The molecule has 0 radical (unpaired) electrons. The summed E-state index contributed by atoms with van der Waals surface area (Å²) in [5, 5.41) is 0.901. The Labute approximate surface area is 141 Å². The van der Waals surface area contributed by atoms with Crippen molar-refractivity contribution in [3.63, 3.8) is 0 Å². The van der Waals surface area contributed by atoms with Crippen LogP contribution in [0.1, 0.15) is 30.1 Å². The maximum Gasteiger partial charge on any atom is 0.255 e. The van der Waals surface area contributed by atoms with Gasteiger partial charge in [-0.25, -0.2) is 0 Å². The van der Waals surface area contributed by atoms with Gasteiger partial charge in [0.25, 0.3) is 5.91 Å². The van der Waals surface area contributed by atoms with Gasteiger partial charge in [0, 0.05) is 24.7 Å². The largest absolute Gasteiger partial charge is 0.374 e. The molecule has 5 heteroatoms. The van der Waals surface area contributed by atoms with Gasteiger partial charge in [-0.1, -0.05) is 18.2 Å². The quantitative estimate of drug-likeness (QED) is 0.870. The van der Waals surface area contributed by atoms with E-state index < -0.39 is 0 Å². The fraction of sp³-hybridized carbons (Fsp3) is 0.474. The third-order valence-electron chi connectivity index (χ3n) is 5.06. The number of ether oxygens (including phenoxy) is 2. The third kappa shape index (κ3) is 2.58. The lowest BCUT2D eigenvalue weighted by atomic mass is 10.1. The Morgan fingerprint density at radius 1 is 1.33 bits per heavy atom. The van der Waals surface area contributed by atoms with Gasteiger partial charge in [0.1, 0.15) is 6.10 Å². The number of carbonyl (C=O) groups excluding carboxylic acids is 1. The van der Waals surface area contributed by atoms with E-state index >= 15 is 0 Å². The van der Waals surface area contributed by atoms with Gasteiger partial charge in [0.2, 0.25) is 0 Å². The highest BCUT2D eigenvalue weighted by Gasteiger charge is 2.44. The molecule has 2 aromatic rings. The smallest absolute Gasteiger partial charge is 0.255 e. The predicted molar refractivity (Wildman–Crippen MR) is 91.0 cm³/mol. The van der Waals surface area contributed by atoms with Crippen molar-refractivity contribution in [3.8, 4) is 0 Å². The van der Waals surface area contributed by atoms with Gasteiger partial charge in [0.15, 0.2) is 0 Å². The topological polar surface area (TPSA) is 51.7 Å². The van der Waals surface area contributed by atoms with Crippen LogP contribution in [-0.4, -0.2) is 53.8 Å². The molecule has 1 aliphatic carbocycles. The van der Waals surface area contributed by atoms with Crippen molar-refractivity contribution in [3.05, 3.63) is 42.1 Å². The summed E-state index contributed by atoms with van der Waals surface area (Å²) < 4.78 is 11.9. The first-order valence-corrected chi connectivity index (χ1v) is 8.67. The Kier molecular flexibility index (Phi) is 4.21. The van der Waals surface area contributed by atoms with Crippen molar-refractivity contribution in [2.24, 2.45) is 0 Å². The Bertz CT molecular complexity index is 743. The summed E-state index contributed by atoms with van der Waals surface area (Å²) in [6.45, 7) is 3.81. The van der Waals surface area contributed by atoms with Crippen LogP contribution < -0.4 is 0 Å². The summed E-state index contributed by atoms with van der Waals surface area (Å²) in [6, 6.07) is 9.69. The van der Waals surface area contributed by atoms with Gasteiger partial charge in [-0.3, -0.25) is 9.78 Å². The highest BCUT2D eigenvalue weighted by Crippen LogP contribution is 2.33. The van der Waals surface area contributed by atoms with Crippen LogP contribution in [0, 0.1) is 0 Å². The number of nitrogens with zero attached hydrogens (tertiary/aromatic N) is 2. The highest BCUT2D eigenvalue weighted by molar-refractivity contribution is 6.06. The van der Waals surface area contributed by atoms with Crippen LogP contribution in [0.4, 0.5) is 0 Å². The summed E-state index contributed by atoms with van der Waals surface area (Å²) in [5.74, 6) is 0.0504. The van der Waals surface area contributed by atoms with Crippen LogP contribution in [0.3, 0.4) is 0 Å². The predicted octanol–water partition coefficient (Wildman–Crippen LogP) is 2.64. The number of rotatable bonds is 3. The lowest BCUT2D eigenvalue weighted by Gasteiger charge is -2.31. The van der Waals surface area contributed by atoms with E-state index in [1.807, 2.05) is 42.2 Å². The van der Waals surface area contributed by atoms with E-state index in [1.54, 1.807) is 6.20 Å². The minimum absolute atomic E-state index is 0.0189. The molecule has 0 N–H and O–H groups in total. The van der Waals surface area contributed by atoms with Crippen molar-refractivity contribution in [2.45, 2.75) is 38.0 Å². The minimum Gasteiger partial charge on any atom is -0.374 e. The van der Waals surface area contributed by atoms with Gasteiger partial charge < -0.3 is 14.4 Å². The lowest BCUT2D eigenvalue weighted by molar-refractivity contribution is -0.0484. The molecule has 24 heavy (non-hydrogen) atoms. The summed E-state index contributed by atoms with van der Waals surface area (Å²) in [5.41, 5.74) is 1.56. The zero-order valence-electron chi connectivity index (χ0n) is 13.9. The second kappa shape index (κ2) is 6.49. The number of hydrogen-bond acceptors (Lipinski definition) is 4. The maximum absolute atomic E-state index is 13.3. The Balaban J connectivity index is 1.70. The monoisotopic (exact) mass is 326 g/mol. The zero-order valence-corrected chi connectivity index (χ0v) is 13.9. The van der Waals surface area contributed by atoms with Crippen LogP contribution in [0.5, 0.6) is 0 Å². The van der Waals surface area contributed by atoms with Crippen LogP contribution >= 0.6 is 0 Å². The molecule has 126 valence electrons. The third-order valence-corrected chi connectivity index (χ3v) is 5.06. The Morgan fingerprint density at radius 3 is 3.08 bits per heavy atom. The van der Waals surface area contributed by atoms with E-state index in [9.17, 15) is 4.79 Å². The van der Waals surface area contributed by atoms with Gasteiger partial charge in [-0.15, -0.1) is 0 Å². The SMILES string of the molecule is CCO[C@@H]1[C@H]2CC[C@H]1OCCN2C(=O)c1ccnc2ccccc12. The van der Waals surface area contributed by atoms with Crippen molar-refractivity contribution in [1.29, 1.82) is 0 Å². The number of benzene rings is 1. The number of hydrogen-bond donors (Lipinski definition) is 0. The van der Waals surface area contributed by atoms with Crippen molar-refractivity contribution in [2.75, 3.05) is 19.8 Å². The Morgan fingerprint density at radius 2 is 2.21 bits per heavy atom. The van der Waals surface area contributed by atoms with Gasteiger partial charge in [-0.2, -0.15) is 0 Å². The molecular formula is C19H22N2O3. The molecule has 1 aromatic carbocycles. The summed E-state index contributed by atoms with van der Waals surface area (Å²) in [4.78, 5) is 19.6. The lowest BCUT2D eigenvalue weighted by Crippen LogP contribution is -2.46. The molecule has 2 aliphatic rings. The summed E-state index contributed by atoms with van der Waals surface area (Å²) in [7, 11) is 0. The molecule has 4 rings (SSSR count). The van der Waals surface area contributed by atoms with Gasteiger partial charge >= 0.3 is 0 Å². The number of carbonyl (C=O) groups is 1. The molecule has 3 atom stereocenters. The van der Waals surface area contributed by atoms with Crippen LogP contribution in [0.25, 0.3) is 10.9 Å². The maximum atomic E-state index is 13.3. The van der Waals surface area contributed by atoms with E-state index in [0.29, 0.717) is 25.3 Å². The van der Waals surface area contributed by atoms with E-state index in [4.69, 9.17) is 9.47 Å². The van der Waals surface area contributed by atoms with Gasteiger partial charge in [0.05, 0.1) is 29.8 Å². The average molecular weight is 326 g/mol. The van der Waals surface area contributed by atoms with E-state index in [1.165, 1.54) is 0 Å². The van der Waals surface area contributed by atoms with E-state index in [0.717, 1.165) is 23.7 Å². The molecule has 2 fully saturated rings. The first-order valence-electron chi connectivity index (χ1n) is 8.67. The van der Waals surface area contributed by atoms with Crippen LogP contribution in [0.2, 0.25) is 0 Å². The molecule has 1 aromatic heterocycles. The summed E-state index contributed by atoms with van der Waals surface area (Å²) in [6.07, 6.45) is 3.69. The molecule has 5 nitrogen and oxygen atoms in total. The molecule has 1 amide bonds. The molecule has 1 aliphatic heterocycles. The first-order chi connectivity index (χ1) is 11.8. The highest BCUT2D eigenvalue weighted by atomic mass is 16.5. The van der Waals surface area contributed by atoms with Crippen molar-refractivity contribution >= 4 is 16.8 Å². The second-order valence-corrected chi connectivity index (χ2v) is 6.35. The number of aromatic nitrogens is 1. The molecule has 2 heterocycles. The summed E-state index contributed by atoms with van der Waals surface area (Å²) >= 11 is 0. The fourth-order valence-electron chi connectivity index (χ4n) is 3.99.